The van der Waals surface area contributed by atoms with E-state index < -0.39 is 0 Å². The van der Waals surface area contributed by atoms with Crippen LogP contribution in [0, 0.1) is 5.92 Å². The standard InChI is InChI=1S/C57H38N4/c1-3-14-38(15-4-1)45-32-33-50(49-25-12-11-24-48(45)49)57-59-55(41-18-5-2-6-19-41)58-56(60-57)42-28-26-37(27-29-42)43-20-13-21-44(36-43)61-51-34-30-39-16-7-9-22-46(39)53(51)54-47-23-10-8-17-40(47)31-35-52(54)61/h1-36,39,46H. The van der Waals surface area contributed by atoms with E-state index in [-0.39, 0.29) is 0 Å². The fourth-order valence-corrected chi connectivity index (χ4v) is 9.53. The first-order valence-electron chi connectivity index (χ1n) is 20.9. The van der Waals surface area contributed by atoms with E-state index in [0.29, 0.717) is 29.3 Å². The van der Waals surface area contributed by atoms with Crippen LogP contribution in [-0.4, -0.2) is 19.5 Å². The van der Waals surface area contributed by atoms with E-state index in [2.05, 4.69) is 205 Å². The number of allylic oxidation sites excluding steroid dienone is 5. The van der Waals surface area contributed by atoms with E-state index in [1.165, 1.54) is 44.1 Å². The monoisotopic (exact) mass is 778 g/mol. The summed E-state index contributed by atoms with van der Waals surface area (Å²) in [6.45, 7) is 0. The lowest BCUT2D eigenvalue weighted by Gasteiger charge is -2.26. The molecule has 2 aromatic heterocycles. The molecule has 8 aromatic carbocycles. The highest BCUT2D eigenvalue weighted by Gasteiger charge is 2.31. The summed E-state index contributed by atoms with van der Waals surface area (Å²) in [4.78, 5) is 15.4. The van der Waals surface area contributed by atoms with Crippen LogP contribution in [0.25, 0.3) is 101 Å². The topological polar surface area (TPSA) is 43.6 Å². The first kappa shape index (κ1) is 35.0. The highest BCUT2D eigenvalue weighted by atomic mass is 15.0. The third kappa shape index (κ3) is 5.95. The summed E-state index contributed by atoms with van der Waals surface area (Å²) in [5, 5.41) is 6.16. The number of hydrogen-bond donors (Lipinski definition) is 0. The molecule has 61 heavy (non-hydrogen) atoms. The van der Waals surface area contributed by atoms with Gasteiger partial charge in [-0.3, -0.25) is 0 Å². The Morgan fingerprint density at radius 1 is 0.410 bits per heavy atom. The van der Waals surface area contributed by atoms with Gasteiger partial charge in [0.2, 0.25) is 0 Å². The Bertz CT molecular complexity index is 3410. The zero-order chi connectivity index (χ0) is 40.3. The van der Waals surface area contributed by atoms with E-state index in [9.17, 15) is 0 Å². The Kier molecular flexibility index (Phi) is 8.27. The average molecular weight is 779 g/mol. The van der Waals surface area contributed by atoms with Gasteiger partial charge in [-0.2, -0.15) is 0 Å². The molecule has 4 nitrogen and oxygen atoms in total. The highest BCUT2D eigenvalue weighted by Crippen LogP contribution is 2.47. The van der Waals surface area contributed by atoms with Gasteiger partial charge in [-0.1, -0.05) is 188 Å². The molecule has 0 saturated heterocycles. The average Bonchev–Trinajstić information content (AvgIpc) is 3.70. The summed E-state index contributed by atoms with van der Waals surface area (Å²) >= 11 is 0. The van der Waals surface area contributed by atoms with Crippen LogP contribution >= 0.6 is 0 Å². The first-order valence-corrected chi connectivity index (χ1v) is 20.9. The highest BCUT2D eigenvalue weighted by molar-refractivity contribution is 6.11. The molecule has 2 atom stereocenters. The number of fused-ring (bicyclic) bond motifs is 8. The van der Waals surface area contributed by atoms with Crippen LogP contribution in [0.5, 0.6) is 0 Å². The zero-order valence-corrected chi connectivity index (χ0v) is 33.2. The number of aromatic nitrogens is 4. The second-order valence-electron chi connectivity index (χ2n) is 15.9. The second kappa shape index (κ2) is 14.4. The zero-order valence-electron chi connectivity index (χ0n) is 33.2. The minimum absolute atomic E-state index is 0.293. The Morgan fingerprint density at radius 2 is 1.02 bits per heavy atom. The summed E-state index contributed by atoms with van der Waals surface area (Å²) in [6.07, 6.45) is 13.8. The van der Waals surface area contributed by atoms with Crippen LogP contribution in [0.3, 0.4) is 0 Å². The molecule has 286 valence electrons. The van der Waals surface area contributed by atoms with Crippen LogP contribution in [0.2, 0.25) is 0 Å². The van der Waals surface area contributed by atoms with Crippen molar-refractivity contribution in [1.82, 2.24) is 19.5 Å². The third-order valence-corrected chi connectivity index (χ3v) is 12.4. The molecule has 0 N–H and O–H groups in total. The Labute approximate surface area is 354 Å². The summed E-state index contributed by atoms with van der Waals surface area (Å²) < 4.78 is 2.46. The van der Waals surface area contributed by atoms with Crippen molar-refractivity contribution in [3.8, 4) is 62.1 Å². The van der Waals surface area contributed by atoms with Crippen molar-refractivity contribution in [3.63, 3.8) is 0 Å². The maximum Gasteiger partial charge on any atom is 0.164 e. The molecule has 10 aromatic rings. The van der Waals surface area contributed by atoms with Gasteiger partial charge in [-0.05, 0) is 79.7 Å². The SMILES string of the molecule is C1=CC2C=Cc3c(c4c5ccccc5ccc4n3-c3cccc(-c4ccc(-c5nc(-c6ccccc6)nc(-c6ccc(-c7ccccc7)c7ccccc67)n5)cc4)c3)C2C=C1. The van der Waals surface area contributed by atoms with Crippen molar-refractivity contribution in [2.45, 2.75) is 5.92 Å². The van der Waals surface area contributed by atoms with Crippen molar-refractivity contribution >= 4 is 38.5 Å². The van der Waals surface area contributed by atoms with Crippen LogP contribution in [0.4, 0.5) is 0 Å². The molecule has 4 heteroatoms. The van der Waals surface area contributed by atoms with E-state index in [1.807, 2.05) is 18.2 Å². The predicted molar refractivity (Wildman–Crippen MR) is 252 cm³/mol. The van der Waals surface area contributed by atoms with E-state index in [1.54, 1.807) is 0 Å². The second-order valence-corrected chi connectivity index (χ2v) is 15.9. The number of nitrogens with zero attached hydrogens (tertiary/aromatic N) is 4. The molecule has 0 amide bonds. The van der Waals surface area contributed by atoms with Crippen molar-refractivity contribution < 1.29 is 0 Å². The van der Waals surface area contributed by atoms with Crippen LogP contribution in [0.15, 0.2) is 212 Å². The van der Waals surface area contributed by atoms with E-state index in [0.717, 1.165) is 44.3 Å². The Balaban J connectivity index is 0.955. The largest absolute Gasteiger partial charge is 0.310 e. The summed E-state index contributed by atoms with van der Waals surface area (Å²) in [5.74, 6) is 2.57. The van der Waals surface area contributed by atoms with Crippen molar-refractivity contribution in [3.05, 3.63) is 224 Å². The lowest BCUT2D eigenvalue weighted by atomic mass is 9.78. The molecule has 2 heterocycles. The van der Waals surface area contributed by atoms with E-state index in [4.69, 9.17) is 15.0 Å². The summed E-state index contributed by atoms with van der Waals surface area (Å²) in [5.41, 5.74) is 12.5. The summed E-state index contributed by atoms with van der Waals surface area (Å²) in [7, 11) is 0. The van der Waals surface area contributed by atoms with Crippen LogP contribution in [0.1, 0.15) is 17.2 Å². The first-order chi connectivity index (χ1) is 30.2. The van der Waals surface area contributed by atoms with Gasteiger partial charge in [0.25, 0.3) is 0 Å². The lowest BCUT2D eigenvalue weighted by molar-refractivity contribution is 0.694. The molecule has 0 bridgehead atoms. The normalized spacial score (nSPS) is 15.3. The maximum atomic E-state index is 5.18. The fourth-order valence-electron chi connectivity index (χ4n) is 9.53. The van der Waals surface area contributed by atoms with Crippen molar-refractivity contribution in [2.75, 3.05) is 0 Å². The van der Waals surface area contributed by atoms with Gasteiger partial charge < -0.3 is 4.57 Å². The molecule has 12 rings (SSSR count). The van der Waals surface area contributed by atoms with Gasteiger partial charge >= 0.3 is 0 Å². The van der Waals surface area contributed by atoms with Gasteiger partial charge in [0.15, 0.2) is 17.5 Å². The number of benzene rings is 8. The van der Waals surface area contributed by atoms with Gasteiger partial charge in [-0.25, -0.2) is 15.0 Å². The molecule has 2 aliphatic carbocycles. The van der Waals surface area contributed by atoms with Crippen LogP contribution < -0.4 is 0 Å². The van der Waals surface area contributed by atoms with Gasteiger partial charge in [0, 0.05) is 39.6 Å². The Morgan fingerprint density at radius 3 is 1.80 bits per heavy atom. The van der Waals surface area contributed by atoms with E-state index >= 15 is 0 Å². The molecular formula is C57H38N4. The molecule has 2 unspecified atom stereocenters. The van der Waals surface area contributed by atoms with Gasteiger partial charge in [0.1, 0.15) is 0 Å². The molecule has 0 saturated carbocycles. The lowest BCUT2D eigenvalue weighted by Crippen LogP contribution is -2.14. The number of hydrogen-bond acceptors (Lipinski definition) is 3. The molecule has 0 spiro atoms. The molecule has 2 aliphatic rings. The maximum absolute atomic E-state index is 5.18. The minimum atomic E-state index is 0.293. The third-order valence-electron chi connectivity index (χ3n) is 12.4. The predicted octanol–water partition coefficient (Wildman–Crippen LogP) is 14.3. The van der Waals surface area contributed by atoms with Gasteiger partial charge in [-0.15, -0.1) is 0 Å². The quantitative estimate of drug-likeness (QED) is 0.169. The number of rotatable bonds is 6. The minimum Gasteiger partial charge on any atom is -0.310 e. The smallest absolute Gasteiger partial charge is 0.164 e. The molecule has 0 aliphatic heterocycles. The van der Waals surface area contributed by atoms with Crippen molar-refractivity contribution in [1.29, 1.82) is 0 Å². The van der Waals surface area contributed by atoms with Gasteiger partial charge in [0.05, 0.1) is 11.2 Å². The molecule has 0 radical (unpaired) electrons. The Hall–Kier alpha value is -7.95. The molecular weight excluding hydrogens is 741 g/mol. The molecule has 0 fully saturated rings. The van der Waals surface area contributed by atoms with Crippen LogP contribution in [-0.2, 0) is 0 Å². The summed E-state index contributed by atoms with van der Waals surface area (Å²) in [6, 6.07) is 64.5. The van der Waals surface area contributed by atoms with Crippen molar-refractivity contribution in [2.24, 2.45) is 5.92 Å². The fraction of sp³-hybridized carbons (Fsp3) is 0.0351.